The summed E-state index contributed by atoms with van der Waals surface area (Å²) in [6.45, 7) is 5.47. The molecule has 1 saturated carbocycles. The highest BCUT2D eigenvalue weighted by Crippen LogP contribution is 2.30. The van der Waals surface area contributed by atoms with Crippen LogP contribution in [0, 0.1) is 5.92 Å². The zero-order chi connectivity index (χ0) is 22.4. The number of nitrogens with zero attached hydrogens (tertiary/aromatic N) is 2. The maximum Gasteiger partial charge on any atom is 0.407 e. The molecule has 3 rings (SSSR count). The van der Waals surface area contributed by atoms with E-state index >= 15 is 0 Å². The van der Waals surface area contributed by atoms with Crippen molar-refractivity contribution in [2.75, 3.05) is 12.4 Å². The van der Waals surface area contributed by atoms with Gasteiger partial charge in [0.25, 0.3) is 0 Å². The smallest absolute Gasteiger partial charge is 0.407 e. The maximum absolute atomic E-state index is 12.9. The molecule has 2 atom stereocenters. The highest BCUT2D eigenvalue weighted by molar-refractivity contribution is 5.92. The lowest BCUT2D eigenvalue weighted by Gasteiger charge is -2.30. The van der Waals surface area contributed by atoms with Crippen LogP contribution < -0.4 is 15.4 Å². The van der Waals surface area contributed by atoms with E-state index in [1.165, 1.54) is 6.33 Å². The number of rotatable bonds is 5. The fourth-order valence-corrected chi connectivity index (χ4v) is 3.69. The molecule has 0 bridgehead atoms. The number of nitrogens with one attached hydrogen (secondary N) is 2. The van der Waals surface area contributed by atoms with Crippen LogP contribution in [-0.4, -0.2) is 40.7 Å². The Labute approximate surface area is 182 Å². The van der Waals surface area contributed by atoms with Crippen LogP contribution in [0.5, 0.6) is 5.75 Å². The van der Waals surface area contributed by atoms with Crippen LogP contribution in [0.15, 0.2) is 36.7 Å². The van der Waals surface area contributed by atoms with Gasteiger partial charge in [-0.1, -0.05) is 18.6 Å². The molecule has 2 aromatic rings. The van der Waals surface area contributed by atoms with Crippen LogP contribution in [0.4, 0.5) is 10.6 Å². The first-order valence-electron chi connectivity index (χ1n) is 10.5. The number of benzene rings is 1. The molecule has 0 spiro atoms. The molecule has 2 unspecified atom stereocenters. The monoisotopic (exact) mass is 426 g/mol. The van der Waals surface area contributed by atoms with Crippen molar-refractivity contribution in [2.45, 2.75) is 58.1 Å². The van der Waals surface area contributed by atoms with Gasteiger partial charge in [-0.25, -0.2) is 14.8 Å². The lowest BCUT2D eigenvalue weighted by molar-refractivity contribution is -0.121. The van der Waals surface area contributed by atoms with Crippen LogP contribution in [0.1, 0.15) is 46.5 Å². The molecular formula is C23H30N4O4. The van der Waals surface area contributed by atoms with Crippen molar-refractivity contribution in [1.82, 2.24) is 15.3 Å². The number of ether oxygens (including phenoxy) is 2. The van der Waals surface area contributed by atoms with Crippen molar-refractivity contribution < 1.29 is 19.1 Å². The lowest BCUT2D eigenvalue weighted by atomic mass is 9.85. The van der Waals surface area contributed by atoms with Gasteiger partial charge in [-0.3, -0.25) is 4.79 Å². The van der Waals surface area contributed by atoms with Gasteiger partial charge >= 0.3 is 6.09 Å². The third kappa shape index (κ3) is 6.41. The van der Waals surface area contributed by atoms with Gasteiger partial charge in [-0.2, -0.15) is 0 Å². The first-order chi connectivity index (χ1) is 14.7. The minimum Gasteiger partial charge on any atom is -0.496 e. The van der Waals surface area contributed by atoms with Crippen LogP contribution >= 0.6 is 0 Å². The average Bonchev–Trinajstić information content (AvgIpc) is 2.72. The molecule has 2 amide bonds. The summed E-state index contributed by atoms with van der Waals surface area (Å²) < 4.78 is 10.7. The number of carbonyl (C=O) groups excluding carboxylic acids is 2. The fourth-order valence-electron chi connectivity index (χ4n) is 3.69. The summed E-state index contributed by atoms with van der Waals surface area (Å²) in [7, 11) is 1.60. The third-order valence-corrected chi connectivity index (χ3v) is 5.07. The summed E-state index contributed by atoms with van der Waals surface area (Å²) in [6.07, 6.45) is 3.99. The third-order valence-electron chi connectivity index (χ3n) is 5.07. The number of carbonyl (C=O) groups is 2. The van der Waals surface area contributed by atoms with E-state index in [-0.39, 0.29) is 17.9 Å². The van der Waals surface area contributed by atoms with Gasteiger partial charge in [0.2, 0.25) is 5.91 Å². The van der Waals surface area contributed by atoms with E-state index in [1.54, 1.807) is 13.2 Å². The predicted octanol–water partition coefficient (Wildman–Crippen LogP) is 4.17. The molecule has 0 saturated heterocycles. The van der Waals surface area contributed by atoms with E-state index in [4.69, 9.17) is 9.47 Å². The first-order valence-corrected chi connectivity index (χ1v) is 10.5. The maximum atomic E-state index is 12.9. The van der Waals surface area contributed by atoms with Crippen LogP contribution in [0.3, 0.4) is 0 Å². The zero-order valence-corrected chi connectivity index (χ0v) is 18.5. The minimum atomic E-state index is -0.554. The van der Waals surface area contributed by atoms with Gasteiger partial charge in [-0.05, 0) is 52.2 Å². The second-order valence-electron chi connectivity index (χ2n) is 8.68. The second-order valence-corrected chi connectivity index (χ2v) is 8.68. The Kier molecular flexibility index (Phi) is 7.09. The Morgan fingerprint density at radius 3 is 2.65 bits per heavy atom. The van der Waals surface area contributed by atoms with Crippen molar-refractivity contribution in [2.24, 2.45) is 5.92 Å². The van der Waals surface area contributed by atoms with Crippen molar-refractivity contribution in [3.8, 4) is 17.0 Å². The van der Waals surface area contributed by atoms with Crippen LogP contribution in [0.25, 0.3) is 11.3 Å². The molecule has 8 heteroatoms. The fraction of sp³-hybridized carbons (Fsp3) is 0.478. The standard InChI is InChI=1S/C23H30N4O4/c1-23(2,3)31-22(29)26-16-9-7-8-15(12-16)21(28)27-20-13-18(24-14-25-20)17-10-5-6-11-19(17)30-4/h5-6,10-11,13-16H,7-9,12H2,1-4H3,(H,26,29)(H,24,25,27,28). The van der Waals surface area contributed by atoms with Gasteiger partial charge < -0.3 is 20.1 Å². The summed E-state index contributed by atoms with van der Waals surface area (Å²) in [5, 5.41) is 5.78. The van der Waals surface area contributed by atoms with E-state index in [0.717, 1.165) is 24.8 Å². The number of amides is 2. The van der Waals surface area contributed by atoms with Crippen molar-refractivity contribution in [3.05, 3.63) is 36.7 Å². The average molecular weight is 427 g/mol. The Bertz CT molecular complexity index is 926. The minimum absolute atomic E-state index is 0.0890. The molecule has 1 aliphatic rings. The zero-order valence-electron chi connectivity index (χ0n) is 18.5. The highest BCUT2D eigenvalue weighted by atomic mass is 16.6. The van der Waals surface area contributed by atoms with E-state index in [1.807, 2.05) is 45.0 Å². The number of aromatic nitrogens is 2. The molecule has 31 heavy (non-hydrogen) atoms. The molecule has 8 nitrogen and oxygen atoms in total. The Hall–Kier alpha value is -3.16. The van der Waals surface area contributed by atoms with E-state index in [9.17, 15) is 9.59 Å². The van der Waals surface area contributed by atoms with Gasteiger partial charge in [0.1, 0.15) is 23.5 Å². The van der Waals surface area contributed by atoms with E-state index in [0.29, 0.717) is 23.7 Å². The molecule has 1 aromatic carbocycles. The van der Waals surface area contributed by atoms with Crippen LogP contribution in [-0.2, 0) is 9.53 Å². The summed E-state index contributed by atoms with van der Waals surface area (Å²) in [5.74, 6) is 0.809. The number of alkyl carbamates (subject to hydrolysis) is 1. The number of anilines is 1. The predicted molar refractivity (Wildman–Crippen MR) is 118 cm³/mol. The SMILES string of the molecule is COc1ccccc1-c1cc(NC(=O)C2CCCC(NC(=O)OC(C)(C)C)C2)ncn1. The molecule has 2 N–H and O–H groups in total. The number of para-hydroxylation sites is 1. The number of hydrogen-bond donors (Lipinski definition) is 2. The largest absolute Gasteiger partial charge is 0.496 e. The molecule has 166 valence electrons. The molecule has 0 radical (unpaired) electrons. The van der Waals surface area contributed by atoms with Crippen molar-refractivity contribution in [3.63, 3.8) is 0 Å². The van der Waals surface area contributed by atoms with Gasteiger partial charge in [0, 0.05) is 23.6 Å². The molecule has 1 aromatic heterocycles. The molecule has 0 aliphatic heterocycles. The molecule has 1 aliphatic carbocycles. The van der Waals surface area contributed by atoms with E-state index in [2.05, 4.69) is 20.6 Å². The van der Waals surface area contributed by atoms with Crippen LogP contribution in [0.2, 0.25) is 0 Å². The lowest BCUT2D eigenvalue weighted by Crippen LogP contribution is -2.43. The topological polar surface area (TPSA) is 102 Å². The molecule has 1 fully saturated rings. The summed E-state index contributed by atoms with van der Waals surface area (Å²) >= 11 is 0. The van der Waals surface area contributed by atoms with Crippen molar-refractivity contribution in [1.29, 1.82) is 0 Å². The van der Waals surface area contributed by atoms with Gasteiger partial charge in [0.15, 0.2) is 0 Å². The Morgan fingerprint density at radius 2 is 1.90 bits per heavy atom. The number of hydrogen-bond acceptors (Lipinski definition) is 6. The summed E-state index contributed by atoms with van der Waals surface area (Å²) in [4.78, 5) is 33.4. The van der Waals surface area contributed by atoms with Crippen molar-refractivity contribution >= 4 is 17.8 Å². The quantitative estimate of drug-likeness (QED) is 0.744. The molecular weight excluding hydrogens is 396 g/mol. The Balaban J connectivity index is 1.63. The normalized spacial score (nSPS) is 18.7. The summed E-state index contributed by atoms with van der Waals surface area (Å²) in [5.41, 5.74) is 0.930. The molecule has 1 heterocycles. The van der Waals surface area contributed by atoms with Gasteiger partial charge in [0.05, 0.1) is 12.8 Å². The second kappa shape index (κ2) is 9.76. The summed E-state index contributed by atoms with van der Waals surface area (Å²) in [6, 6.07) is 9.19. The number of methoxy groups -OCH3 is 1. The Morgan fingerprint density at radius 1 is 1.13 bits per heavy atom. The van der Waals surface area contributed by atoms with Gasteiger partial charge in [-0.15, -0.1) is 0 Å². The van der Waals surface area contributed by atoms with E-state index < -0.39 is 11.7 Å². The first kappa shape index (κ1) is 22.5. The highest BCUT2D eigenvalue weighted by Gasteiger charge is 2.29.